The second-order valence-corrected chi connectivity index (χ2v) is 3.85. The molecule has 0 saturated heterocycles. The number of amides is 1. The summed E-state index contributed by atoms with van der Waals surface area (Å²) >= 11 is 0. The maximum atomic E-state index is 12.5. The van der Waals surface area contributed by atoms with Gasteiger partial charge in [0.15, 0.2) is 5.84 Å². The van der Waals surface area contributed by atoms with Gasteiger partial charge in [-0.15, -0.1) is 0 Å². The molecule has 0 saturated carbocycles. The zero-order chi connectivity index (χ0) is 13.9. The topological polar surface area (TPSA) is 87.7 Å². The van der Waals surface area contributed by atoms with Crippen molar-refractivity contribution in [2.75, 3.05) is 6.54 Å². The normalized spacial score (nSPS) is 13.9. The number of nitrogens with zero attached hydrogens (tertiary/aromatic N) is 1. The molecule has 0 aromatic heterocycles. The van der Waals surface area contributed by atoms with Crippen molar-refractivity contribution in [3.63, 3.8) is 0 Å². The Hall–Kier alpha value is -1.54. The quantitative estimate of drug-likeness (QED) is 0.224. The van der Waals surface area contributed by atoms with Gasteiger partial charge in [0, 0.05) is 0 Å². The van der Waals surface area contributed by atoms with E-state index < -0.39 is 36.1 Å². The predicted octanol–water partition coefficient (Wildman–Crippen LogP) is 0.776. The molecule has 0 heterocycles. The first-order valence-electron chi connectivity index (χ1n) is 4.48. The molecule has 100 valence electrons. The molecular weight excluding hydrogens is 246 g/mol. The molecule has 0 unspecified atom stereocenters. The van der Waals surface area contributed by atoms with Crippen LogP contribution in [0.5, 0.6) is 0 Å². The van der Waals surface area contributed by atoms with Crippen LogP contribution < -0.4 is 11.1 Å². The highest BCUT2D eigenvalue weighted by Gasteiger charge is 2.42. The molecule has 0 bridgehead atoms. The van der Waals surface area contributed by atoms with Crippen LogP contribution in [0.25, 0.3) is 0 Å². The number of hydrogen-bond acceptors (Lipinski definition) is 3. The lowest BCUT2D eigenvalue weighted by molar-refractivity contribution is -0.139. The molecule has 0 aromatic carbocycles. The van der Waals surface area contributed by atoms with Gasteiger partial charge in [0.25, 0.3) is 0 Å². The monoisotopic (exact) mass is 259 g/mol. The summed E-state index contributed by atoms with van der Waals surface area (Å²) in [5.74, 6) is -5.89. The first-order chi connectivity index (χ1) is 7.55. The average molecular weight is 259 g/mol. The Balaban J connectivity index is 4.58. The number of nitrogens with one attached hydrogen (secondary N) is 1. The fourth-order valence-corrected chi connectivity index (χ4v) is 0.738. The van der Waals surface area contributed by atoms with Crippen molar-refractivity contribution in [3.05, 3.63) is 0 Å². The van der Waals surface area contributed by atoms with Crippen LogP contribution in [0, 0.1) is 5.41 Å². The van der Waals surface area contributed by atoms with Crippen LogP contribution in [-0.4, -0.2) is 35.8 Å². The number of amidine groups is 1. The van der Waals surface area contributed by atoms with Gasteiger partial charge in [-0.2, -0.15) is 8.78 Å². The summed E-state index contributed by atoms with van der Waals surface area (Å²) < 4.78 is 48.6. The summed E-state index contributed by atoms with van der Waals surface area (Å²) in [5.41, 5.74) is 3.58. The van der Waals surface area contributed by atoms with Crippen LogP contribution >= 0.6 is 0 Å². The van der Waals surface area contributed by atoms with Gasteiger partial charge in [-0.05, 0) is 13.8 Å². The van der Waals surface area contributed by atoms with E-state index in [2.05, 4.69) is 5.16 Å². The number of alkyl halides is 4. The molecule has 0 rings (SSSR count). The van der Waals surface area contributed by atoms with E-state index in [1.54, 1.807) is 5.32 Å². The first kappa shape index (κ1) is 15.5. The molecule has 0 atom stereocenters. The lowest BCUT2D eigenvalue weighted by Crippen LogP contribution is -2.50. The molecule has 17 heavy (non-hydrogen) atoms. The summed E-state index contributed by atoms with van der Waals surface area (Å²) in [6.07, 6.45) is -3.88. The van der Waals surface area contributed by atoms with E-state index in [1.807, 2.05) is 0 Å². The molecule has 5 nitrogen and oxygen atoms in total. The van der Waals surface area contributed by atoms with Gasteiger partial charge < -0.3 is 16.3 Å². The zero-order valence-electron chi connectivity index (χ0n) is 9.18. The van der Waals surface area contributed by atoms with Crippen molar-refractivity contribution in [1.82, 2.24) is 5.32 Å². The largest absolute Gasteiger partial charge is 0.409 e. The van der Waals surface area contributed by atoms with Crippen LogP contribution in [0.2, 0.25) is 0 Å². The highest BCUT2D eigenvalue weighted by molar-refractivity contribution is 6.05. The summed E-state index contributed by atoms with van der Waals surface area (Å²) in [6, 6.07) is 0. The molecule has 0 aliphatic rings. The van der Waals surface area contributed by atoms with Crippen LogP contribution in [0.15, 0.2) is 5.16 Å². The van der Waals surface area contributed by atoms with Crippen LogP contribution in [0.4, 0.5) is 17.6 Å². The molecule has 1 amide bonds. The van der Waals surface area contributed by atoms with Gasteiger partial charge in [-0.1, -0.05) is 5.16 Å². The summed E-state index contributed by atoms with van der Waals surface area (Å²) in [7, 11) is 0. The van der Waals surface area contributed by atoms with Gasteiger partial charge in [-0.25, -0.2) is 8.78 Å². The lowest BCUT2D eigenvalue weighted by Gasteiger charge is -2.23. The first-order valence-corrected chi connectivity index (χ1v) is 4.48. The van der Waals surface area contributed by atoms with Crippen molar-refractivity contribution >= 4 is 11.7 Å². The van der Waals surface area contributed by atoms with E-state index in [0.29, 0.717) is 0 Å². The number of rotatable bonds is 5. The number of nitrogens with two attached hydrogens (primary N) is 1. The standard InChI is InChI=1S/C8H13F4N3O2/c1-7(2,5(13)15-17)6(16)14-3-8(11,12)4(9)10/h4,17H,3H2,1-2H3,(H2,13,15)(H,14,16). The molecular formula is C8H13F4N3O2. The zero-order valence-corrected chi connectivity index (χ0v) is 9.18. The maximum absolute atomic E-state index is 12.5. The van der Waals surface area contributed by atoms with E-state index >= 15 is 0 Å². The average Bonchev–Trinajstić information content (AvgIpc) is 2.24. The Morgan fingerprint density at radius 2 is 1.94 bits per heavy atom. The van der Waals surface area contributed by atoms with E-state index in [9.17, 15) is 22.4 Å². The van der Waals surface area contributed by atoms with Crippen molar-refractivity contribution in [2.45, 2.75) is 26.2 Å². The van der Waals surface area contributed by atoms with E-state index in [0.717, 1.165) is 0 Å². The van der Waals surface area contributed by atoms with Gasteiger partial charge in [0.2, 0.25) is 5.91 Å². The predicted molar refractivity (Wildman–Crippen MR) is 51.2 cm³/mol. The molecule has 0 aromatic rings. The third-order valence-electron chi connectivity index (χ3n) is 2.12. The maximum Gasteiger partial charge on any atom is 0.324 e. The third kappa shape index (κ3) is 3.75. The molecule has 4 N–H and O–H groups in total. The van der Waals surface area contributed by atoms with E-state index in [1.165, 1.54) is 13.8 Å². The van der Waals surface area contributed by atoms with Crippen LogP contribution in [0.3, 0.4) is 0 Å². The van der Waals surface area contributed by atoms with Gasteiger partial charge in [0.05, 0.1) is 6.54 Å². The second kappa shape index (κ2) is 5.19. The highest BCUT2D eigenvalue weighted by atomic mass is 19.3. The van der Waals surface area contributed by atoms with Crippen molar-refractivity contribution in [1.29, 1.82) is 0 Å². The van der Waals surface area contributed by atoms with Crippen molar-refractivity contribution < 1.29 is 27.6 Å². The number of oxime groups is 1. The Bertz CT molecular complexity index is 318. The van der Waals surface area contributed by atoms with E-state index in [4.69, 9.17) is 10.9 Å². The summed E-state index contributed by atoms with van der Waals surface area (Å²) in [6.45, 7) is 0.863. The smallest absolute Gasteiger partial charge is 0.324 e. The third-order valence-corrected chi connectivity index (χ3v) is 2.12. The highest BCUT2D eigenvalue weighted by Crippen LogP contribution is 2.22. The Labute approximate surface area is 94.7 Å². The van der Waals surface area contributed by atoms with Crippen molar-refractivity contribution in [3.8, 4) is 0 Å². The SMILES string of the molecule is CC(C)(C(=O)NCC(F)(F)C(F)F)C(N)=NO. The fourth-order valence-electron chi connectivity index (χ4n) is 0.738. The molecule has 0 aliphatic carbocycles. The minimum Gasteiger partial charge on any atom is -0.409 e. The Kier molecular flexibility index (Phi) is 4.72. The van der Waals surface area contributed by atoms with Crippen LogP contribution in [-0.2, 0) is 4.79 Å². The molecule has 0 spiro atoms. The molecule has 0 aliphatic heterocycles. The summed E-state index contributed by atoms with van der Waals surface area (Å²) in [5, 5.41) is 12.5. The van der Waals surface area contributed by atoms with E-state index in [-0.39, 0.29) is 0 Å². The number of hydrogen-bond donors (Lipinski definition) is 3. The number of carbonyl (C=O) groups is 1. The minimum absolute atomic E-state index is 0.518. The fraction of sp³-hybridized carbons (Fsp3) is 0.750. The van der Waals surface area contributed by atoms with Gasteiger partial charge in [0.1, 0.15) is 5.41 Å². The number of carbonyl (C=O) groups excluding carboxylic acids is 1. The van der Waals surface area contributed by atoms with Gasteiger partial charge >= 0.3 is 12.3 Å². The Morgan fingerprint density at radius 1 is 1.47 bits per heavy atom. The molecule has 0 radical (unpaired) electrons. The molecule has 9 heteroatoms. The van der Waals surface area contributed by atoms with Crippen molar-refractivity contribution in [2.24, 2.45) is 16.3 Å². The molecule has 0 fully saturated rings. The van der Waals surface area contributed by atoms with Crippen LogP contribution in [0.1, 0.15) is 13.8 Å². The van der Waals surface area contributed by atoms with Gasteiger partial charge in [-0.3, -0.25) is 4.79 Å². The minimum atomic E-state index is -4.32. The Morgan fingerprint density at radius 3 is 2.29 bits per heavy atom. The summed E-state index contributed by atoms with van der Waals surface area (Å²) in [4.78, 5) is 11.4. The lowest BCUT2D eigenvalue weighted by atomic mass is 9.91. The second-order valence-electron chi connectivity index (χ2n) is 3.85. The number of halogens is 4.